The molecule has 1 aromatic carbocycles. The van der Waals surface area contributed by atoms with Crippen LogP contribution in [0.15, 0.2) is 18.2 Å². The molecule has 1 fully saturated rings. The highest BCUT2D eigenvalue weighted by Crippen LogP contribution is 2.29. The van der Waals surface area contributed by atoms with Crippen LogP contribution in [-0.4, -0.2) is 11.4 Å². The molecular formula is C13H18ClIN2O. The summed E-state index contributed by atoms with van der Waals surface area (Å²) >= 11 is 2.26. The van der Waals surface area contributed by atoms with E-state index in [-0.39, 0.29) is 18.3 Å². The Balaban J connectivity index is 0.00000162. The van der Waals surface area contributed by atoms with Gasteiger partial charge in [0.2, 0.25) is 5.91 Å². The van der Waals surface area contributed by atoms with Crippen LogP contribution in [0.1, 0.15) is 31.2 Å². The van der Waals surface area contributed by atoms with Gasteiger partial charge in [-0.3, -0.25) is 4.79 Å². The molecule has 0 spiro atoms. The molecule has 0 aromatic heterocycles. The molecule has 0 saturated heterocycles. The molecule has 0 aliphatic heterocycles. The standard InChI is InChI=1S/C13H17IN2O.ClH/c1-9-8-10(14)4-5-11(9)16-12(17)13(15)6-2-3-7-13;/h4-5,8H,2-3,6-7,15H2,1H3,(H,16,17);1H. The monoisotopic (exact) mass is 380 g/mol. The van der Waals surface area contributed by atoms with Crippen molar-refractivity contribution in [1.82, 2.24) is 0 Å². The van der Waals surface area contributed by atoms with E-state index < -0.39 is 5.54 Å². The van der Waals surface area contributed by atoms with Gasteiger partial charge in [-0.2, -0.15) is 0 Å². The SMILES string of the molecule is Cc1cc(I)ccc1NC(=O)C1(N)CCCC1.Cl. The largest absolute Gasteiger partial charge is 0.324 e. The first-order valence-electron chi connectivity index (χ1n) is 5.88. The summed E-state index contributed by atoms with van der Waals surface area (Å²) in [6.45, 7) is 2.00. The highest BCUT2D eigenvalue weighted by Gasteiger charge is 2.37. The number of amides is 1. The van der Waals surface area contributed by atoms with Crippen LogP contribution in [0.5, 0.6) is 0 Å². The molecule has 1 saturated carbocycles. The maximum Gasteiger partial charge on any atom is 0.244 e. The highest BCUT2D eigenvalue weighted by atomic mass is 127. The summed E-state index contributed by atoms with van der Waals surface area (Å²) in [4.78, 5) is 12.1. The zero-order valence-electron chi connectivity index (χ0n) is 10.3. The average molecular weight is 381 g/mol. The number of rotatable bonds is 2. The third kappa shape index (κ3) is 3.36. The van der Waals surface area contributed by atoms with E-state index in [4.69, 9.17) is 5.73 Å². The third-order valence-corrected chi connectivity index (χ3v) is 4.06. The lowest BCUT2D eigenvalue weighted by atomic mass is 9.98. The van der Waals surface area contributed by atoms with Crippen molar-refractivity contribution in [1.29, 1.82) is 0 Å². The van der Waals surface area contributed by atoms with Crippen molar-refractivity contribution in [3.05, 3.63) is 27.3 Å². The summed E-state index contributed by atoms with van der Waals surface area (Å²) in [7, 11) is 0. The van der Waals surface area contributed by atoms with Crippen LogP contribution in [0.2, 0.25) is 0 Å². The molecule has 0 bridgehead atoms. The van der Waals surface area contributed by atoms with Gasteiger partial charge in [-0.1, -0.05) is 12.8 Å². The fraction of sp³-hybridized carbons (Fsp3) is 0.462. The number of aryl methyl sites for hydroxylation is 1. The molecule has 5 heteroatoms. The van der Waals surface area contributed by atoms with Crippen molar-refractivity contribution in [2.24, 2.45) is 5.73 Å². The van der Waals surface area contributed by atoms with Gasteiger partial charge in [0.1, 0.15) is 0 Å². The fourth-order valence-electron chi connectivity index (χ4n) is 2.25. The maximum absolute atomic E-state index is 12.1. The Hall–Kier alpha value is -0.330. The number of hydrogen-bond acceptors (Lipinski definition) is 2. The summed E-state index contributed by atoms with van der Waals surface area (Å²) in [6.07, 6.45) is 3.69. The van der Waals surface area contributed by atoms with Gasteiger partial charge in [0.15, 0.2) is 0 Å². The van der Waals surface area contributed by atoms with Gasteiger partial charge in [0.05, 0.1) is 5.54 Å². The Morgan fingerprint density at radius 1 is 1.39 bits per heavy atom. The predicted octanol–water partition coefficient (Wildman–Crippen LogP) is 3.23. The first-order chi connectivity index (χ1) is 8.01. The molecule has 1 amide bonds. The van der Waals surface area contributed by atoms with Crippen molar-refractivity contribution in [2.75, 3.05) is 5.32 Å². The number of carbonyl (C=O) groups excluding carboxylic acids is 1. The highest BCUT2D eigenvalue weighted by molar-refractivity contribution is 14.1. The van der Waals surface area contributed by atoms with Crippen molar-refractivity contribution < 1.29 is 4.79 Å². The van der Waals surface area contributed by atoms with Crippen molar-refractivity contribution in [3.63, 3.8) is 0 Å². The summed E-state index contributed by atoms with van der Waals surface area (Å²) in [5.74, 6) is -0.0423. The second-order valence-electron chi connectivity index (χ2n) is 4.78. The predicted molar refractivity (Wildman–Crippen MR) is 85.2 cm³/mol. The minimum Gasteiger partial charge on any atom is -0.324 e. The minimum atomic E-state index is -0.657. The van der Waals surface area contributed by atoms with Gasteiger partial charge < -0.3 is 11.1 Å². The second kappa shape index (κ2) is 6.21. The van der Waals surface area contributed by atoms with Crippen molar-refractivity contribution >= 4 is 46.6 Å². The first-order valence-corrected chi connectivity index (χ1v) is 6.96. The van der Waals surface area contributed by atoms with Gasteiger partial charge in [0.25, 0.3) is 0 Å². The number of anilines is 1. The van der Waals surface area contributed by atoms with Crippen LogP contribution < -0.4 is 11.1 Å². The number of carbonyl (C=O) groups is 1. The summed E-state index contributed by atoms with van der Waals surface area (Å²) < 4.78 is 1.17. The topological polar surface area (TPSA) is 55.1 Å². The van der Waals surface area contributed by atoms with Crippen LogP contribution in [0.25, 0.3) is 0 Å². The van der Waals surface area contributed by atoms with Gasteiger partial charge in [0, 0.05) is 9.26 Å². The van der Waals surface area contributed by atoms with Gasteiger partial charge in [-0.15, -0.1) is 12.4 Å². The molecule has 1 aliphatic carbocycles. The lowest BCUT2D eigenvalue weighted by Gasteiger charge is -2.22. The molecular weight excluding hydrogens is 363 g/mol. The molecule has 0 atom stereocenters. The summed E-state index contributed by atoms with van der Waals surface area (Å²) in [5, 5.41) is 2.95. The lowest BCUT2D eigenvalue weighted by Crippen LogP contribution is -2.48. The molecule has 0 heterocycles. The number of nitrogens with two attached hydrogens (primary N) is 1. The molecule has 100 valence electrons. The van der Waals surface area contributed by atoms with Crippen LogP contribution in [-0.2, 0) is 4.79 Å². The Morgan fingerprint density at radius 3 is 2.56 bits per heavy atom. The second-order valence-corrected chi connectivity index (χ2v) is 6.02. The Labute approximate surface area is 127 Å². The van der Waals surface area contributed by atoms with E-state index in [1.165, 1.54) is 3.57 Å². The van der Waals surface area contributed by atoms with E-state index in [0.29, 0.717) is 0 Å². The normalized spacial score (nSPS) is 17.1. The third-order valence-electron chi connectivity index (χ3n) is 3.38. The number of nitrogens with one attached hydrogen (secondary N) is 1. The Morgan fingerprint density at radius 2 is 2.00 bits per heavy atom. The maximum atomic E-state index is 12.1. The Kier molecular flexibility index (Phi) is 5.43. The summed E-state index contributed by atoms with van der Waals surface area (Å²) in [6, 6.07) is 5.97. The van der Waals surface area contributed by atoms with Gasteiger partial charge in [-0.05, 0) is 66.1 Å². The van der Waals surface area contributed by atoms with E-state index in [1.54, 1.807) is 0 Å². The van der Waals surface area contributed by atoms with E-state index in [0.717, 1.165) is 36.9 Å². The molecule has 0 unspecified atom stereocenters. The van der Waals surface area contributed by atoms with Crippen LogP contribution in [0.4, 0.5) is 5.69 Å². The first kappa shape index (κ1) is 15.7. The Bertz CT molecular complexity index is 445. The minimum absolute atomic E-state index is 0. The van der Waals surface area contributed by atoms with Crippen molar-refractivity contribution in [2.45, 2.75) is 38.1 Å². The smallest absolute Gasteiger partial charge is 0.244 e. The number of halogens is 2. The average Bonchev–Trinajstić information content (AvgIpc) is 2.71. The number of hydrogen-bond donors (Lipinski definition) is 2. The van der Waals surface area contributed by atoms with Gasteiger partial charge >= 0.3 is 0 Å². The van der Waals surface area contributed by atoms with E-state index in [1.807, 2.05) is 25.1 Å². The molecule has 3 nitrogen and oxygen atoms in total. The quantitative estimate of drug-likeness (QED) is 0.774. The van der Waals surface area contributed by atoms with E-state index >= 15 is 0 Å². The fourth-order valence-corrected chi connectivity index (χ4v) is 2.89. The van der Waals surface area contributed by atoms with Crippen LogP contribution in [0.3, 0.4) is 0 Å². The number of benzene rings is 1. The lowest BCUT2D eigenvalue weighted by molar-refractivity contribution is -0.121. The van der Waals surface area contributed by atoms with Crippen LogP contribution in [0, 0.1) is 10.5 Å². The van der Waals surface area contributed by atoms with Crippen molar-refractivity contribution in [3.8, 4) is 0 Å². The zero-order chi connectivity index (χ0) is 12.5. The molecule has 3 N–H and O–H groups in total. The molecule has 18 heavy (non-hydrogen) atoms. The summed E-state index contributed by atoms with van der Waals surface area (Å²) in [5.41, 5.74) is 7.40. The molecule has 2 rings (SSSR count). The zero-order valence-corrected chi connectivity index (χ0v) is 13.3. The van der Waals surface area contributed by atoms with E-state index in [2.05, 4.69) is 27.9 Å². The molecule has 0 radical (unpaired) electrons. The van der Waals surface area contributed by atoms with Gasteiger partial charge in [-0.25, -0.2) is 0 Å². The molecule has 1 aliphatic rings. The molecule has 1 aromatic rings. The van der Waals surface area contributed by atoms with E-state index in [9.17, 15) is 4.79 Å². The van der Waals surface area contributed by atoms with Crippen LogP contribution >= 0.6 is 35.0 Å².